The molecule has 0 aliphatic heterocycles. The number of hydrogen-bond donors (Lipinski definition) is 1. The molecule has 1 atom stereocenters. The van der Waals surface area contributed by atoms with Crippen molar-refractivity contribution in [2.45, 2.75) is 19.4 Å². The topological polar surface area (TPSA) is 35.2 Å². The summed E-state index contributed by atoms with van der Waals surface area (Å²) in [5.74, 6) is -1.07. The fourth-order valence-electron chi connectivity index (χ4n) is 1.95. The smallest absolute Gasteiger partial charge is 0.173 e. The van der Waals surface area contributed by atoms with Gasteiger partial charge in [-0.25, -0.2) is 8.78 Å². The number of ether oxygens (including phenoxy) is 1. The van der Waals surface area contributed by atoms with Crippen LogP contribution < -0.4 is 10.5 Å². The van der Waals surface area contributed by atoms with E-state index in [1.54, 1.807) is 0 Å². The van der Waals surface area contributed by atoms with Crippen molar-refractivity contribution in [3.63, 3.8) is 0 Å². The molecule has 1 unspecified atom stereocenters. The number of benzene rings is 2. The zero-order chi connectivity index (χ0) is 15.4. The minimum atomic E-state index is -0.925. The van der Waals surface area contributed by atoms with Crippen molar-refractivity contribution in [1.82, 2.24) is 0 Å². The average Bonchev–Trinajstić information content (AvgIpc) is 2.51. The first kappa shape index (κ1) is 15.9. The second-order valence-electron chi connectivity index (χ2n) is 4.66. The van der Waals surface area contributed by atoms with E-state index in [9.17, 15) is 8.78 Å². The third kappa shape index (κ3) is 3.60. The number of nitrogens with two attached hydrogens (primary N) is 1. The average molecular weight is 356 g/mol. The molecule has 0 fully saturated rings. The molecule has 5 heteroatoms. The van der Waals surface area contributed by atoms with Crippen LogP contribution in [-0.2, 0) is 0 Å². The van der Waals surface area contributed by atoms with Crippen LogP contribution in [0.15, 0.2) is 40.9 Å². The van der Waals surface area contributed by atoms with Gasteiger partial charge in [0.05, 0.1) is 17.1 Å². The first-order valence-corrected chi connectivity index (χ1v) is 7.45. The van der Waals surface area contributed by atoms with Gasteiger partial charge in [-0.3, -0.25) is 0 Å². The Morgan fingerprint density at radius 2 is 1.81 bits per heavy atom. The number of hydrogen-bond acceptors (Lipinski definition) is 2. The summed E-state index contributed by atoms with van der Waals surface area (Å²) in [5, 5.41) is 0. The summed E-state index contributed by atoms with van der Waals surface area (Å²) >= 11 is 3.06. The summed E-state index contributed by atoms with van der Waals surface area (Å²) in [5.41, 5.74) is 7.42. The molecule has 0 spiro atoms. The molecule has 0 amide bonds. The number of halogens is 3. The minimum Gasteiger partial charge on any atom is -0.494 e. The van der Waals surface area contributed by atoms with Gasteiger partial charge in [0, 0.05) is 0 Å². The molecule has 0 bridgehead atoms. The van der Waals surface area contributed by atoms with Crippen LogP contribution in [0.3, 0.4) is 0 Å². The first-order chi connectivity index (χ1) is 10.0. The Morgan fingerprint density at radius 3 is 2.43 bits per heavy atom. The van der Waals surface area contributed by atoms with Crippen molar-refractivity contribution in [3.8, 4) is 5.75 Å². The normalized spacial score (nSPS) is 12.2. The van der Waals surface area contributed by atoms with Crippen LogP contribution in [0.25, 0.3) is 0 Å². The molecule has 2 nitrogen and oxygen atoms in total. The Kier molecular flexibility index (Phi) is 5.31. The first-order valence-electron chi connectivity index (χ1n) is 6.66. The standard InChI is InChI=1S/C16H16BrF2NO/c1-2-9-21-11-5-3-10(4-6-11)16(20)12-7-8-13(18)15(19)14(12)17/h3-8,16H,2,9,20H2,1H3. The zero-order valence-electron chi connectivity index (χ0n) is 11.6. The van der Waals surface area contributed by atoms with Crippen molar-refractivity contribution in [2.75, 3.05) is 6.61 Å². The van der Waals surface area contributed by atoms with E-state index in [1.165, 1.54) is 6.07 Å². The van der Waals surface area contributed by atoms with E-state index >= 15 is 0 Å². The highest BCUT2D eigenvalue weighted by molar-refractivity contribution is 9.10. The maximum atomic E-state index is 13.6. The van der Waals surface area contributed by atoms with Gasteiger partial charge in [0.15, 0.2) is 11.6 Å². The van der Waals surface area contributed by atoms with E-state index in [0.717, 1.165) is 23.8 Å². The Morgan fingerprint density at radius 1 is 1.14 bits per heavy atom. The third-order valence-electron chi connectivity index (χ3n) is 3.11. The molecule has 2 N–H and O–H groups in total. The van der Waals surface area contributed by atoms with E-state index in [2.05, 4.69) is 15.9 Å². The SMILES string of the molecule is CCCOc1ccc(C(N)c2ccc(F)c(F)c2Br)cc1. The molecule has 2 aromatic rings. The molecule has 0 heterocycles. The van der Waals surface area contributed by atoms with Gasteiger partial charge in [0.1, 0.15) is 5.75 Å². The van der Waals surface area contributed by atoms with Crippen molar-refractivity contribution in [3.05, 3.63) is 63.6 Å². The lowest BCUT2D eigenvalue weighted by Crippen LogP contribution is -2.13. The predicted octanol–water partition coefficient (Wildman–Crippen LogP) is 4.56. The summed E-state index contributed by atoms with van der Waals surface area (Å²) < 4.78 is 32.3. The molecular formula is C16H16BrF2NO. The van der Waals surface area contributed by atoms with Gasteiger partial charge >= 0.3 is 0 Å². The minimum absolute atomic E-state index is 0.0568. The molecule has 0 aliphatic carbocycles. The van der Waals surface area contributed by atoms with Gasteiger partial charge in [-0.2, -0.15) is 0 Å². The van der Waals surface area contributed by atoms with Gasteiger partial charge in [-0.1, -0.05) is 25.1 Å². The third-order valence-corrected chi connectivity index (χ3v) is 3.92. The van der Waals surface area contributed by atoms with Crippen LogP contribution in [0.4, 0.5) is 8.78 Å². The molecule has 0 saturated heterocycles. The van der Waals surface area contributed by atoms with Gasteiger partial charge in [0.25, 0.3) is 0 Å². The molecular weight excluding hydrogens is 340 g/mol. The van der Waals surface area contributed by atoms with E-state index < -0.39 is 17.7 Å². The van der Waals surface area contributed by atoms with Crippen molar-refractivity contribution < 1.29 is 13.5 Å². The maximum Gasteiger partial charge on any atom is 0.173 e. The Bertz CT molecular complexity index is 616. The molecule has 0 aliphatic rings. The van der Waals surface area contributed by atoms with Crippen LogP contribution in [0.5, 0.6) is 5.75 Å². The van der Waals surface area contributed by atoms with E-state index in [1.807, 2.05) is 31.2 Å². The van der Waals surface area contributed by atoms with Crippen LogP contribution in [0.1, 0.15) is 30.5 Å². The lowest BCUT2D eigenvalue weighted by molar-refractivity contribution is 0.317. The van der Waals surface area contributed by atoms with E-state index in [4.69, 9.17) is 10.5 Å². The van der Waals surface area contributed by atoms with Crippen molar-refractivity contribution >= 4 is 15.9 Å². The lowest BCUT2D eigenvalue weighted by atomic mass is 9.99. The number of rotatable bonds is 5. The van der Waals surface area contributed by atoms with Crippen molar-refractivity contribution in [1.29, 1.82) is 0 Å². The summed E-state index contributed by atoms with van der Waals surface area (Å²) in [6, 6.07) is 9.29. The van der Waals surface area contributed by atoms with Gasteiger partial charge in [0.2, 0.25) is 0 Å². The Hall–Kier alpha value is -1.46. The Balaban J connectivity index is 2.24. The molecule has 0 aromatic heterocycles. The zero-order valence-corrected chi connectivity index (χ0v) is 13.2. The second-order valence-corrected chi connectivity index (χ2v) is 5.45. The van der Waals surface area contributed by atoms with Gasteiger partial charge in [-0.15, -0.1) is 0 Å². The highest BCUT2D eigenvalue weighted by atomic mass is 79.9. The summed E-state index contributed by atoms with van der Waals surface area (Å²) in [6.45, 7) is 2.69. The maximum absolute atomic E-state index is 13.6. The highest BCUT2D eigenvalue weighted by Crippen LogP contribution is 2.30. The Labute approximate surface area is 131 Å². The largest absolute Gasteiger partial charge is 0.494 e. The van der Waals surface area contributed by atoms with Gasteiger partial charge in [-0.05, 0) is 51.7 Å². The monoisotopic (exact) mass is 355 g/mol. The van der Waals surface area contributed by atoms with Gasteiger partial charge < -0.3 is 10.5 Å². The molecule has 0 radical (unpaired) electrons. The quantitative estimate of drug-likeness (QED) is 0.797. The van der Waals surface area contributed by atoms with Crippen LogP contribution in [0, 0.1) is 11.6 Å². The summed E-state index contributed by atoms with van der Waals surface area (Å²) in [6.07, 6.45) is 0.934. The fourth-order valence-corrected chi connectivity index (χ4v) is 2.52. The predicted molar refractivity (Wildman–Crippen MR) is 82.3 cm³/mol. The molecule has 21 heavy (non-hydrogen) atoms. The van der Waals surface area contributed by atoms with E-state index in [0.29, 0.717) is 12.2 Å². The van der Waals surface area contributed by atoms with Crippen LogP contribution >= 0.6 is 15.9 Å². The molecule has 112 valence electrons. The highest BCUT2D eigenvalue weighted by Gasteiger charge is 2.17. The fraction of sp³-hybridized carbons (Fsp3) is 0.250. The van der Waals surface area contributed by atoms with Crippen LogP contribution in [-0.4, -0.2) is 6.61 Å². The van der Waals surface area contributed by atoms with E-state index in [-0.39, 0.29) is 4.47 Å². The summed E-state index contributed by atoms with van der Waals surface area (Å²) in [4.78, 5) is 0. The van der Waals surface area contributed by atoms with Crippen molar-refractivity contribution in [2.24, 2.45) is 5.73 Å². The summed E-state index contributed by atoms with van der Waals surface area (Å²) in [7, 11) is 0. The lowest BCUT2D eigenvalue weighted by Gasteiger charge is -2.15. The molecule has 2 rings (SSSR count). The van der Waals surface area contributed by atoms with Crippen LogP contribution in [0.2, 0.25) is 0 Å². The molecule has 0 saturated carbocycles. The molecule has 2 aromatic carbocycles. The second kappa shape index (κ2) is 7.00.